The molecule has 2 aromatic rings. The summed E-state index contributed by atoms with van der Waals surface area (Å²) in [6.07, 6.45) is 0. The molecule has 1 aromatic carbocycles. The summed E-state index contributed by atoms with van der Waals surface area (Å²) in [4.78, 5) is 0. The van der Waals surface area contributed by atoms with Crippen molar-refractivity contribution in [2.75, 3.05) is 5.73 Å². The molecule has 0 unspecified atom stereocenters. The summed E-state index contributed by atoms with van der Waals surface area (Å²) in [5, 5.41) is 7.37. The number of benzene rings is 1. The van der Waals surface area contributed by atoms with E-state index < -0.39 is 0 Å². The Kier molecular flexibility index (Phi) is 3.46. The molecule has 0 fully saturated rings. The highest BCUT2D eigenvalue weighted by Gasteiger charge is 2.19. The molecular formula is C14H19N3O2. The summed E-state index contributed by atoms with van der Waals surface area (Å²) in [5.41, 5.74) is 7.74. The summed E-state index contributed by atoms with van der Waals surface area (Å²) >= 11 is 0. The van der Waals surface area contributed by atoms with Gasteiger partial charge in [-0.1, -0.05) is 43.6 Å². The fourth-order valence-electron chi connectivity index (χ4n) is 1.82. The van der Waals surface area contributed by atoms with Crippen LogP contribution in [0.15, 0.2) is 22.6 Å². The van der Waals surface area contributed by atoms with Crippen molar-refractivity contribution in [1.82, 2.24) is 10.2 Å². The van der Waals surface area contributed by atoms with Crippen molar-refractivity contribution in [3.63, 3.8) is 0 Å². The van der Waals surface area contributed by atoms with Crippen LogP contribution in [0.4, 0.5) is 6.01 Å². The molecule has 19 heavy (non-hydrogen) atoms. The molecule has 0 bridgehead atoms. The van der Waals surface area contributed by atoms with Crippen LogP contribution in [0.1, 0.15) is 37.8 Å². The average Bonchev–Trinajstić information content (AvgIpc) is 2.72. The van der Waals surface area contributed by atoms with Gasteiger partial charge in [0, 0.05) is 0 Å². The van der Waals surface area contributed by atoms with Crippen molar-refractivity contribution in [3.05, 3.63) is 35.2 Å². The minimum absolute atomic E-state index is 0.00915. The predicted molar refractivity (Wildman–Crippen MR) is 72.9 cm³/mol. The molecule has 0 atom stereocenters. The lowest BCUT2D eigenvalue weighted by molar-refractivity contribution is 0.259. The molecular weight excluding hydrogens is 242 g/mol. The van der Waals surface area contributed by atoms with E-state index in [0.29, 0.717) is 5.89 Å². The van der Waals surface area contributed by atoms with Crippen molar-refractivity contribution < 1.29 is 9.15 Å². The second-order valence-corrected chi connectivity index (χ2v) is 5.57. The van der Waals surface area contributed by atoms with E-state index in [4.69, 9.17) is 14.9 Å². The normalized spacial score (nSPS) is 11.6. The zero-order valence-corrected chi connectivity index (χ0v) is 11.7. The predicted octanol–water partition coefficient (Wildman–Crippen LogP) is 2.84. The van der Waals surface area contributed by atoms with Gasteiger partial charge in [-0.3, -0.25) is 0 Å². The first-order chi connectivity index (χ1) is 8.86. The van der Waals surface area contributed by atoms with Gasteiger partial charge in [0.2, 0.25) is 0 Å². The van der Waals surface area contributed by atoms with E-state index in [1.54, 1.807) is 0 Å². The first-order valence-corrected chi connectivity index (χ1v) is 6.18. The van der Waals surface area contributed by atoms with Crippen LogP contribution in [0.3, 0.4) is 0 Å². The first kappa shape index (κ1) is 13.4. The van der Waals surface area contributed by atoms with Gasteiger partial charge in [-0.2, -0.15) is 0 Å². The van der Waals surface area contributed by atoms with Crippen molar-refractivity contribution in [1.29, 1.82) is 0 Å². The minimum Gasteiger partial charge on any atom is -0.484 e. The van der Waals surface area contributed by atoms with Crippen LogP contribution < -0.4 is 10.5 Å². The van der Waals surface area contributed by atoms with Gasteiger partial charge in [0.15, 0.2) is 6.61 Å². The summed E-state index contributed by atoms with van der Waals surface area (Å²) in [6.45, 7) is 8.74. The number of rotatable bonds is 3. The summed E-state index contributed by atoms with van der Waals surface area (Å²) < 4.78 is 10.9. The van der Waals surface area contributed by atoms with Gasteiger partial charge < -0.3 is 14.9 Å². The van der Waals surface area contributed by atoms with E-state index in [9.17, 15) is 0 Å². The van der Waals surface area contributed by atoms with E-state index in [0.717, 1.165) is 11.3 Å². The Morgan fingerprint density at radius 2 is 2.00 bits per heavy atom. The summed E-state index contributed by atoms with van der Waals surface area (Å²) in [7, 11) is 0. The van der Waals surface area contributed by atoms with Gasteiger partial charge >= 0.3 is 6.01 Å². The standard InChI is InChI=1S/C14H19N3O2/c1-9-5-6-11(10(7-9)14(2,3)4)18-8-12-16-17-13(15)19-12/h5-7H,8H2,1-4H3,(H2,15,17). The van der Waals surface area contributed by atoms with Crippen LogP contribution in [0.25, 0.3) is 0 Å². The Morgan fingerprint density at radius 3 is 2.58 bits per heavy atom. The maximum absolute atomic E-state index is 5.77. The molecule has 0 saturated carbocycles. The van der Waals surface area contributed by atoms with Crippen molar-refractivity contribution in [2.45, 2.75) is 39.7 Å². The smallest absolute Gasteiger partial charge is 0.312 e. The molecule has 0 radical (unpaired) electrons. The molecule has 5 heteroatoms. The van der Waals surface area contributed by atoms with Gasteiger partial charge in [0.25, 0.3) is 5.89 Å². The lowest BCUT2D eigenvalue weighted by atomic mass is 9.85. The van der Waals surface area contributed by atoms with Crippen LogP contribution in [-0.2, 0) is 12.0 Å². The van der Waals surface area contributed by atoms with E-state index in [2.05, 4.69) is 44.0 Å². The van der Waals surface area contributed by atoms with Crippen molar-refractivity contribution in [3.8, 4) is 5.75 Å². The van der Waals surface area contributed by atoms with E-state index in [1.807, 2.05) is 12.1 Å². The third-order valence-electron chi connectivity index (χ3n) is 2.78. The van der Waals surface area contributed by atoms with E-state index >= 15 is 0 Å². The topological polar surface area (TPSA) is 74.2 Å². The van der Waals surface area contributed by atoms with Crippen LogP contribution in [-0.4, -0.2) is 10.2 Å². The molecule has 0 aliphatic heterocycles. The number of hydrogen-bond acceptors (Lipinski definition) is 5. The Bertz CT molecular complexity index is 570. The zero-order valence-electron chi connectivity index (χ0n) is 11.7. The monoisotopic (exact) mass is 261 g/mol. The number of aromatic nitrogens is 2. The maximum Gasteiger partial charge on any atom is 0.312 e. The molecule has 0 saturated heterocycles. The lowest BCUT2D eigenvalue weighted by Gasteiger charge is -2.23. The lowest BCUT2D eigenvalue weighted by Crippen LogP contribution is -2.13. The highest BCUT2D eigenvalue weighted by molar-refractivity contribution is 5.41. The minimum atomic E-state index is 0.00915. The number of nitrogens with two attached hydrogens (primary N) is 1. The summed E-state index contributed by atoms with van der Waals surface area (Å²) in [6, 6.07) is 6.18. The molecule has 0 aliphatic carbocycles. The fourth-order valence-corrected chi connectivity index (χ4v) is 1.82. The molecule has 5 nitrogen and oxygen atoms in total. The Balaban J connectivity index is 2.20. The SMILES string of the molecule is Cc1ccc(OCc2nnc(N)o2)c(C(C)(C)C)c1. The molecule has 102 valence electrons. The Hall–Kier alpha value is -2.04. The Morgan fingerprint density at radius 1 is 1.26 bits per heavy atom. The van der Waals surface area contributed by atoms with E-state index in [1.165, 1.54) is 5.56 Å². The highest BCUT2D eigenvalue weighted by Crippen LogP contribution is 2.32. The molecule has 2 rings (SSSR count). The van der Waals surface area contributed by atoms with Crippen molar-refractivity contribution in [2.24, 2.45) is 0 Å². The van der Waals surface area contributed by atoms with E-state index in [-0.39, 0.29) is 18.0 Å². The maximum atomic E-state index is 5.77. The molecule has 2 N–H and O–H groups in total. The number of nitrogens with zero attached hydrogens (tertiary/aromatic N) is 2. The third-order valence-corrected chi connectivity index (χ3v) is 2.78. The third kappa shape index (κ3) is 3.24. The van der Waals surface area contributed by atoms with Gasteiger partial charge in [0.1, 0.15) is 5.75 Å². The van der Waals surface area contributed by atoms with Gasteiger partial charge in [0.05, 0.1) is 0 Å². The van der Waals surface area contributed by atoms with Gasteiger partial charge in [-0.05, 0) is 24.0 Å². The first-order valence-electron chi connectivity index (χ1n) is 6.18. The second-order valence-electron chi connectivity index (χ2n) is 5.57. The highest BCUT2D eigenvalue weighted by atomic mass is 16.5. The summed E-state index contributed by atoms with van der Waals surface area (Å²) in [5.74, 6) is 1.20. The number of aryl methyl sites for hydroxylation is 1. The van der Waals surface area contributed by atoms with Crippen molar-refractivity contribution >= 4 is 6.01 Å². The molecule has 1 aromatic heterocycles. The number of hydrogen-bond donors (Lipinski definition) is 1. The Labute approximate surface area is 112 Å². The quantitative estimate of drug-likeness (QED) is 0.919. The van der Waals surface area contributed by atoms with Gasteiger partial charge in [-0.25, -0.2) is 0 Å². The molecule has 0 spiro atoms. The van der Waals surface area contributed by atoms with Crippen LogP contribution in [0.2, 0.25) is 0 Å². The number of anilines is 1. The number of ether oxygens (including phenoxy) is 1. The molecule has 0 aliphatic rings. The zero-order chi connectivity index (χ0) is 14.0. The molecule has 0 amide bonds. The fraction of sp³-hybridized carbons (Fsp3) is 0.429. The van der Waals surface area contributed by atoms with Gasteiger partial charge in [-0.15, -0.1) is 5.10 Å². The molecule has 1 heterocycles. The number of nitrogen functional groups attached to an aromatic ring is 1. The van der Waals surface area contributed by atoms with Crippen LogP contribution in [0, 0.1) is 6.92 Å². The average molecular weight is 261 g/mol. The largest absolute Gasteiger partial charge is 0.484 e. The second kappa shape index (κ2) is 4.91. The van der Waals surface area contributed by atoms with Crippen LogP contribution in [0.5, 0.6) is 5.75 Å². The van der Waals surface area contributed by atoms with Crippen LogP contribution >= 0.6 is 0 Å².